The van der Waals surface area contributed by atoms with Gasteiger partial charge in [-0.2, -0.15) is 4.98 Å². The second-order valence-electron chi connectivity index (χ2n) is 7.32. The molecule has 0 bridgehead atoms. The average Bonchev–Trinajstić information content (AvgIpc) is 3.30. The topological polar surface area (TPSA) is 59.1 Å². The van der Waals surface area contributed by atoms with Crippen LogP contribution in [0.5, 0.6) is 5.75 Å². The van der Waals surface area contributed by atoms with Gasteiger partial charge in [0, 0.05) is 17.5 Å². The zero-order chi connectivity index (χ0) is 18.9. The summed E-state index contributed by atoms with van der Waals surface area (Å²) in [5.41, 5.74) is 0.826. The van der Waals surface area contributed by atoms with Crippen molar-refractivity contribution in [3.8, 4) is 5.75 Å². The van der Waals surface area contributed by atoms with Gasteiger partial charge in [0.2, 0.25) is 5.95 Å². The summed E-state index contributed by atoms with van der Waals surface area (Å²) in [7, 11) is 0. The average molecular weight is 366 g/mol. The van der Waals surface area contributed by atoms with Crippen LogP contribution in [0.1, 0.15) is 45.2 Å². The Morgan fingerprint density at radius 3 is 2.38 bits per heavy atom. The van der Waals surface area contributed by atoms with E-state index in [-0.39, 0.29) is 17.0 Å². The molecule has 1 saturated carbocycles. The van der Waals surface area contributed by atoms with Crippen LogP contribution >= 0.6 is 0 Å². The Morgan fingerprint density at radius 2 is 1.77 bits per heavy atom. The molecule has 0 amide bonds. The van der Waals surface area contributed by atoms with Gasteiger partial charge in [-0.15, -0.1) is 13.2 Å². The molecule has 1 aromatic heterocycles. The first-order valence-electron chi connectivity index (χ1n) is 8.38. The van der Waals surface area contributed by atoms with Gasteiger partial charge in [-0.3, -0.25) is 0 Å². The highest BCUT2D eigenvalue weighted by molar-refractivity contribution is 5.65. The first-order valence-corrected chi connectivity index (χ1v) is 8.38. The van der Waals surface area contributed by atoms with Gasteiger partial charge in [-0.05, 0) is 45.7 Å². The Kier molecular flexibility index (Phi) is 4.68. The molecular weight excluding hydrogens is 345 g/mol. The number of halogens is 3. The third-order valence-electron chi connectivity index (χ3n) is 3.60. The van der Waals surface area contributed by atoms with Gasteiger partial charge in [0.25, 0.3) is 0 Å². The summed E-state index contributed by atoms with van der Waals surface area (Å²) in [6.45, 7) is 5.96. The van der Waals surface area contributed by atoms with Gasteiger partial charge >= 0.3 is 6.36 Å². The minimum Gasteiger partial charge on any atom is -0.404 e. The molecule has 0 spiro atoms. The van der Waals surface area contributed by atoms with E-state index in [1.165, 1.54) is 18.2 Å². The van der Waals surface area contributed by atoms with Crippen LogP contribution in [0, 0.1) is 0 Å². The van der Waals surface area contributed by atoms with Crippen molar-refractivity contribution in [3.63, 3.8) is 0 Å². The van der Waals surface area contributed by atoms with Crippen LogP contribution in [0.2, 0.25) is 0 Å². The molecule has 1 heterocycles. The number of aromatic nitrogens is 2. The van der Waals surface area contributed by atoms with E-state index in [2.05, 4.69) is 25.3 Å². The highest BCUT2D eigenvalue weighted by atomic mass is 19.4. The molecule has 0 atom stereocenters. The van der Waals surface area contributed by atoms with E-state index in [9.17, 15) is 13.2 Å². The molecule has 0 saturated heterocycles. The van der Waals surface area contributed by atoms with E-state index in [0.29, 0.717) is 17.7 Å². The molecule has 1 aliphatic rings. The van der Waals surface area contributed by atoms with Crippen molar-refractivity contribution in [1.29, 1.82) is 0 Å². The number of nitrogens with zero attached hydrogens (tertiary/aromatic N) is 2. The number of hydrogen-bond donors (Lipinski definition) is 2. The van der Waals surface area contributed by atoms with Gasteiger partial charge < -0.3 is 15.4 Å². The van der Waals surface area contributed by atoms with Crippen molar-refractivity contribution in [3.05, 3.63) is 36.0 Å². The number of ether oxygens (including phenoxy) is 1. The molecule has 0 aliphatic heterocycles. The van der Waals surface area contributed by atoms with Crippen molar-refractivity contribution in [1.82, 2.24) is 9.97 Å². The van der Waals surface area contributed by atoms with Gasteiger partial charge in [0.1, 0.15) is 5.82 Å². The molecule has 0 unspecified atom stereocenters. The quantitative estimate of drug-likeness (QED) is 0.761. The Bertz CT molecular complexity index is 783. The van der Waals surface area contributed by atoms with Crippen LogP contribution in [0.15, 0.2) is 30.3 Å². The third-order valence-corrected chi connectivity index (χ3v) is 3.60. The minimum absolute atomic E-state index is 0.187. The molecule has 2 aromatic rings. The zero-order valence-corrected chi connectivity index (χ0v) is 14.8. The van der Waals surface area contributed by atoms with E-state index >= 15 is 0 Å². The van der Waals surface area contributed by atoms with Crippen LogP contribution in [0.3, 0.4) is 0 Å². The summed E-state index contributed by atoms with van der Waals surface area (Å²) in [6.07, 6.45) is -2.65. The van der Waals surface area contributed by atoms with Crippen LogP contribution in [0.4, 0.5) is 30.6 Å². The fourth-order valence-electron chi connectivity index (χ4n) is 2.43. The van der Waals surface area contributed by atoms with Crippen molar-refractivity contribution < 1.29 is 17.9 Å². The van der Waals surface area contributed by atoms with Gasteiger partial charge in [0.15, 0.2) is 5.75 Å². The fourth-order valence-corrected chi connectivity index (χ4v) is 2.43. The number of para-hydroxylation sites is 2. The summed E-state index contributed by atoms with van der Waals surface area (Å²) >= 11 is 0. The number of benzene rings is 1. The Labute approximate surface area is 150 Å². The lowest BCUT2D eigenvalue weighted by atomic mass is 10.1. The first-order chi connectivity index (χ1) is 12.1. The highest BCUT2D eigenvalue weighted by Crippen LogP contribution is 2.40. The Balaban J connectivity index is 1.90. The predicted molar refractivity (Wildman–Crippen MR) is 93.8 cm³/mol. The Hall–Kier alpha value is -2.51. The maximum atomic E-state index is 12.6. The molecule has 2 N–H and O–H groups in total. The monoisotopic (exact) mass is 366 g/mol. The van der Waals surface area contributed by atoms with Gasteiger partial charge in [-0.1, -0.05) is 12.1 Å². The standard InChI is InChI=1S/C18H21F3N4O/c1-17(2,3)25-16-23-13(11-8-9-11)10-15(24-16)22-12-6-4-5-7-14(12)26-18(19,20)21/h4-7,10-11H,8-9H2,1-3H3,(H2,22,23,24,25). The summed E-state index contributed by atoms with van der Waals surface area (Å²) in [6, 6.07) is 7.65. The molecule has 3 rings (SSSR count). The molecule has 5 nitrogen and oxygen atoms in total. The largest absolute Gasteiger partial charge is 0.573 e. The van der Waals surface area contributed by atoms with E-state index < -0.39 is 6.36 Å². The number of alkyl halides is 3. The summed E-state index contributed by atoms with van der Waals surface area (Å²) < 4.78 is 41.9. The highest BCUT2D eigenvalue weighted by Gasteiger charge is 2.32. The van der Waals surface area contributed by atoms with E-state index in [4.69, 9.17) is 0 Å². The van der Waals surface area contributed by atoms with Crippen molar-refractivity contribution >= 4 is 17.5 Å². The number of hydrogen-bond acceptors (Lipinski definition) is 5. The van der Waals surface area contributed by atoms with Crippen molar-refractivity contribution in [2.45, 2.75) is 51.4 Å². The predicted octanol–water partition coefficient (Wildman–Crippen LogP) is 5.21. The second kappa shape index (κ2) is 6.66. The van der Waals surface area contributed by atoms with E-state index in [0.717, 1.165) is 18.5 Å². The Morgan fingerprint density at radius 1 is 1.08 bits per heavy atom. The maximum absolute atomic E-state index is 12.6. The summed E-state index contributed by atoms with van der Waals surface area (Å²) in [5, 5.41) is 6.14. The van der Waals surface area contributed by atoms with Crippen LogP contribution in [-0.2, 0) is 0 Å². The molecule has 140 valence electrons. The maximum Gasteiger partial charge on any atom is 0.573 e. The first kappa shape index (κ1) is 18.3. The second-order valence-corrected chi connectivity index (χ2v) is 7.32. The van der Waals surface area contributed by atoms with Crippen LogP contribution in [-0.4, -0.2) is 21.9 Å². The summed E-state index contributed by atoms with van der Waals surface area (Å²) in [4.78, 5) is 8.92. The molecule has 0 radical (unpaired) electrons. The van der Waals surface area contributed by atoms with Crippen molar-refractivity contribution in [2.75, 3.05) is 10.6 Å². The fraction of sp³-hybridized carbons (Fsp3) is 0.444. The van der Waals surface area contributed by atoms with Gasteiger partial charge in [0.05, 0.1) is 11.4 Å². The van der Waals surface area contributed by atoms with Crippen LogP contribution in [0.25, 0.3) is 0 Å². The zero-order valence-electron chi connectivity index (χ0n) is 14.8. The number of anilines is 3. The molecule has 1 aromatic carbocycles. The van der Waals surface area contributed by atoms with E-state index in [1.807, 2.05) is 20.8 Å². The number of nitrogens with one attached hydrogen (secondary N) is 2. The SMILES string of the molecule is CC(C)(C)Nc1nc(Nc2ccccc2OC(F)(F)F)cc(C2CC2)n1. The normalized spacial score (nSPS) is 14.8. The molecule has 1 fully saturated rings. The molecular formula is C18H21F3N4O. The lowest BCUT2D eigenvalue weighted by molar-refractivity contribution is -0.274. The summed E-state index contributed by atoms with van der Waals surface area (Å²) in [5.74, 6) is 0.933. The van der Waals surface area contributed by atoms with Crippen molar-refractivity contribution in [2.24, 2.45) is 0 Å². The number of rotatable bonds is 5. The molecule has 26 heavy (non-hydrogen) atoms. The van der Waals surface area contributed by atoms with Gasteiger partial charge in [-0.25, -0.2) is 4.98 Å². The third kappa shape index (κ3) is 5.24. The molecule has 8 heteroatoms. The molecule has 1 aliphatic carbocycles. The minimum atomic E-state index is -4.76. The lowest BCUT2D eigenvalue weighted by Crippen LogP contribution is -2.27. The lowest BCUT2D eigenvalue weighted by Gasteiger charge is -2.21. The smallest absolute Gasteiger partial charge is 0.404 e. The van der Waals surface area contributed by atoms with Crippen LogP contribution < -0.4 is 15.4 Å². The van der Waals surface area contributed by atoms with E-state index in [1.54, 1.807) is 12.1 Å².